The molecular formula is C17H19ClN2O4S2. The van der Waals surface area contributed by atoms with Crippen LogP contribution in [0.4, 0.5) is 0 Å². The molecule has 1 aliphatic heterocycles. The first kappa shape index (κ1) is 19.3. The zero-order chi connectivity index (χ0) is 18.7. The van der Waals surface area contributed by atoms with Gasteiger partial charge in [-0.3, -0.25) is 4.90 Å². The number of methoxy groups -OCH3 is 1. The number of hydrogen-bond acceptors (Lipinski definition) is 6. The van der Waals surface area contributed by atoms with E-state index >= 15 is 0 Å². The van der Waals surface area contributed by atoms with Crippen LogP contribution < -0.4 is 0 Å². The van der Waals surface area contributed by atoms with E-state index in [2.05, 4.69) is 21.8 Å². The Hall–Kier alpha value is -1.45. The van der Waals surface area contributed by atoms with Gasteiger partial charge in [0.1, 0.15) is 9.77 Å². The number of sulfonamides is 1. The second-order valence-electron chi connectivity index (χ2n) is 5.90. The zero-order valence-electron chi connectivity index (χ0n) is 14.2. The first-order valence-corrected chi connectivity index (χ1v) is 10.7. The highest BCUT2D eigenvalue weighted by Gasteiger charge is 2.33. The van der Waals surface area contributed by atoms with Crippen molar-refractivity contribution >= 4 is 38.9 Å². The minimum atomic E-state index is -3.79. The smallest absolute Gasteiger partial charge is 0.349 e. The standard InChI is InChI=1S/C17H19ClN2O4S2/c1-24-17(21)16-14(11-15(18)25-16)26(22,23)20-9-7-19(8-10-20)12-13-5-3-2-4-6-13/h2-6,11H,7-10,12H2,1H3. The van der Waals surface area contributed by atoms with Crippen LogP contribution >= 0.6 is 22.9 Å². The topological polar surface area (TPSA) is 66.9 Å². The number of thiophene rings is 1. The molecule has 0 atom stereocenters. The van der Waals surface area contributed by atoms with Crippen molar-refractivity contribution in [2.24, 2.45) is 0 Å². The van der Waals surface area contributed by atoms with Crippen molar-refractivity contribution in [2.75, 3.05) is 33.3 Å². The van der Waals surface area contributed by atoms with Crippen LogP contribution in [0, 0.1) is 0 Å². The van der Waals surface area contributed by atoms with Crippen molar-refractivity contribution < 1.29 is 17.9 Å². The summed E-state index contributed by atoms with van der Waals surface area (Å²) in [6, 6.07) is 11.4. The molecule has 6 nitrogen and oxygen atoms in total. The van der Waals surface area contributed by atoms with Gasteiger partial charge in [-0.15, -0.1) is 11.3 Å². The predicted octanol–water partition coefficient (Wildman–Crippen LogP) is 2.69. The third kappa shape index (κ3) is 4.10. The molecule has 0 amide bonds. The van der Waals surface area contributed by atoms with Crippen LogP contribution in [-0.2, 0) is 21.3 Å². The number of hydrogen-bond donors (Lipinski definition) is 0. The number of esters is 1. The summed E-state index contributed by atoms with van der Waals surface area (Å²) >= 11 is 6.86. The van der Waals surface area contributed by atoms with E-state index in [0.29, 0.717) is 26.2 Å². The van der Waals surface area contributed by atoms with E-state index in [-0.39, 0.29) is 14.1 Å². The summed E-state index contributed by atoms with van der Waals surface area (Å²) in [7, 11) is -2.57. The number of halogens is 1. The van der Waals surface area contributed by atoms with E-state index in [1.165, 1.54) is 23.0 Å². The Kier molecular flexibility index (Phi) is 5.99. The van der Waals surface area contributed by atoms with Crippen LogP contribution in [0.1, 0.15) is 15.2 Å². The lowest BCUT2D eigenvalue weighted by atomic mass is 10.2. The maximum Gasteiger partial charge on any atom is 0.349 e. The normalized spacial score (nSPS) is 16.5. The maximum absolute atomic E-state index is 13.0. The monoisotopic (exact) mass is 414 g/mol. The van der Waals surface area contributed by atoms with Crippen molar-refractivity contribution in [1.82, 2.24) is 9.21 Å². The number of carbonyl (C=O) groups is 1. The lowest BCUT2D eigenvalue weighted by Gasteiger charge is -2.33. The summed E-state index contributed by atoms with van der Waals surface area (Å²) in [5.74, 6) is -0.691. The van der Waals surface area contributed by atoms with Crippen molar-refractivity contribution in [3.8, 4) is 0 Å². The predicted molar refractivity (Wildman–Crippen MR) is 101 cm³/mol. The Morgan fingerprint density at radius 3 is 2.46 bits per heavy atom. The van der Waals surface area contributed by atoms with Gasteiger partial charge in [0.05, 0.1) is 11.4 Å². The molecule has 0 radical (unpaired) electrons. The first-order valence-electron chi connectivity index (χ1n) is 8.06. The molecule has 3 rings (SSSR count). The molecule has 0 saturated carbocycles. The van der Waals surface area contributed by atoms with Gasteiger partial charge in [0.2, 0.25) is 10.0 Å². The van der Waals surface area contributed by atoms with Crippen molar-refractivity contribution in [1.29, 1.82) is 0 Å². The fourth-order valence-corrected chi connectivity index (χ4v) is 6.01. The minimum absolute atomic E-state index is 0.0178. The van der Waals surface area contributed by atoms with Gasteiger partial charge in [0.15, 0.2) is 0 Å². The molecule has 0 N–H and O–H groups in total. The quantitative estimate of drug-likeness (QED) is 0.704. The Morgan fingerprint density at radius 2 is 1.85 bits per heavy atom. The highest BCUT2D eigenvalue weighted by Crippen LogP contribution is 2.33. The molecule has 1 aromatic heterocycles. The molecule has 9 heteroatoms. The molecular weight excluding hydrogens is 396 g/mol. The van der Waals surface area contributed by atoms with E-state index in [1.54, 1.807) is 0 Å². The summed E-state index contributed by atoms with van der Waals surface area (Å²) in [6.07, 6.45) is 0. The Balaban J connectivity index is 1.72. The Morgan fingerprint density at radius 1 is 1.19 bits per heavy atom. The second kappa shape index (κ2) is 8.06. The number of carbonyl (C=O) groups excluding carboxylic acids is 1. The molecule has 0 spiro atoms. The van der Waals surface area contributed by atoms with Crippen molar-refractivity contribution in [2.45, 2.75) is 11.4 Å². The Bertz CT molecular complexity index is 875. The molecule has 140 valence electrons. The van der Waals surface area contributed by atoms with Gasteiger partial charge in [-0.2, -0.15) is 4.31 Å². The van der Waals surface area contributed by atoms with Crippen LogP contribution in [0.2, 0.25) is 4.34 Å². The summed E-state index contributed by atoms with van der Waals surface area (Å²) in [6.45, 7) is 2.76. The molecule has 0 unspecified atom stereocenters. The van der Waals surface area contributed by atoms with Crippen molar-refractivity contribution in [3.05, 3.63) is 51.2 Å². The molecule has 1 aliphatic rings. The second-order valence-corrected chi connectivity index (χ2v) is 9.49. The highest BCUT2D eigenvalue weighted by molar-refractivity contribution is 7.89. The highest BCUT2D eigenvalue weighted by atomic mass is 35.5. The molecule has 1 aromatic carbocycles. The van der Waals surface area contributed by atoms with E-state index in [0.717, 1.165) is 17.9 Å². The van der Waals surface area contributed by atoms with E-state index in [9.17, 15) is 13.2 Å². The van der Waals surface area contributed by atoms with E-state index in [4.69, 9.17) is 11.6 Å². The lowest BCUT2D eigenvalue weighted by molar-refractivity contribution is 0.0602. The fourth-order valence-electron chi connectivity index (χ4n) is 2.88. The number of piperazine rings is 1. The van der Waals surface area contributed by atoms with Crippen LogP contribution in [0.3, 0.4) is 0 Å². The summed E-state index contributed by atoms with van der Waals surface area (Å²) in [5, 5.41) is 0. The number of ether oxygens (including phenoxy) is 1. The van der Waals surface area contributed by atoms with Crippen LogP contribution in [0.25, 0.3) is 0 Å². The molecule has 2 heterocycles. The number of rotatable bonds is 5. The third-order valence-electron chi connectivity index (χ3n) is 4.24. The fraction of sp³-hybridized carbons (Fsp3) is 0.353. The molecule has 0 bridgehead atoms. The van der Waals surface area contributed by atoms with Gasteiger partial charge in [0, 0.05) is 32.7 Å². The van der Waals surface area contributed by atoms with Gasteiger partial charge in [-0.05, 0) is 11.6 Å². The molecule has 2 aromatic rings. The van der Waals surface area contributed by atoms with Crippen LogP contribution in [0.5, 0.6) is 0 Å². The lowest BCUT2D eigenvalue weighted by Crippen LogP contribution is -2.48. The first-order chi connectivity index (χ1) is 12.4. The SMILES string of the molecule is COC(=O)c1sc(Cl)cc1S(=O)(=O)N1CCN(Cc2ccccc2)CC1. The van der Waals surface area contributed by atoms with Gasteiger partial charge < -0.3 is 4.74 Å². The van der Waals surface area contributed by atoms with Gasteiger partial charge in [-0.25, -0.2) is 13.2 Å². The summed E-state index contributed by atoms with van der Waals surface area (Å²) < 4.78 is 32.2. The maximum atomic E-state index is 13.0. The van der Waals surface area contributed by atoms with Crippen molar-refractivity contribution in [3.63, 3.8) is 0 Å². The third-order valence-corrected chi connectivity index (χ3v) is 7.53. The average molecular weight is 415 g/mol. The van der Waals surface area contributed by atoms with Gasteiger partial charge in [-0.1, -0.05) is 41.9 Å². The molecule has 26 heavy (non-hydrogen) atoms. The van der Waals surface area contributed by atoms with Crippen LogP contribution in [-0.4, -0.2) is 56.9 Å². The summed E-state index contributed by atoms with van der Waals surface area (Å²) in [4.78, 5) is 14.0. The largest absolute Gasteiger partial charge is 0.465 e. The molecule has 0 aliphatic carbocycles. The average Bonchev–Trinajstić information content (AvgIpc) is 3.05. The number of nitrogens with zero attached hydrogens (tertiary/aromatic N) is 2. The molecule has 1 saturated heterocycles. The van der Waals surface area contributed by atoms with E-state index < -0.39 is 16.0 Å². The number of benzene rings is 1. The Labute approximate surface area is 162 Å². The van der Waals surface area contributed by atoms with Gasteiger partial charge in [0.25, 0.3) is 0 Å². The van der Waals surface area contributed by atoms with Crippen LogP contribution in [0.15, 0.2) is 41.3 Å². The molecule has 1 fully saturated rings. The minimum Gasteiger partial charge on any atom is -0.465 e. The summed E-state index contributed by atoms with van der Waals surface area (Å²) in [5.41, 5.74) is 1.20. The van der Waals surface area contributed by atoms with E-state index in [1.807, 2.05) is 18.2 Å². The zero-order valence-corrected chi connectivity index (χ0v) is 16.6. The van der Waals surface area contributed by atoms with Gasteiger partial charge >= 0.3 is 5.97 Å².